The smallest absolute Gasteiger partial charge is 0.141 e. The van der Waals surface area contributed by atoms with Crippen LogP contribution in [-0.2, 0) is 5.60 Å². The zero-order valence-electron chi connectivity index (χ0n) is 9.49. The standard InChI is InChI=1S/C13H10ClF2NO/c1-13(18,8-4-10(15)7-17-6-8)11-3-2-9(14)5-12(11)16/h2-7,18H,1H3. The first-order chi connectivity index (χ1) is 8.41. The second-order valence-electron chi connectivity index (χ2n) is 4.09. The van der Waals surface area contributed by atoms with Gasteiger partial charge in [0.05, 0.1) is 6.20 Å². The van der Waals surface area contributed by atoms with Crippen LogP contribution in [0.2, 0.25) is 5.02 Å². The molecule has 0 aliphatic heterocycles. The van der Waals surface area contributed by atoms with Crippen molar-refractivity contribution < 1.29 is 13.9 Å². The van der Waals surface area contributed by atoms with Crippen LogP contribution in [0.5, 0.6) is 0 Å². The number of hydrogen-bond donors (Lipinski definition) is 1. The Kier molecular flexibility index (Phi) is 3.32. The van der Waals surface area contributed by atoms with E-state index >= 15 is 0 Å². The predicted molar refractivity (Wildman–Crippen MR) is 64.3 cm³/mol. The maximum absolute atomic E-state index is 13.8. The Morgan fingerprint density at radius 2 is 1.94 bits per heavy atom. The molecule has 0 spiro atoms. The largest absolute Gasteiger partial charge is 0.381 e. The lowest BCUT2D eigenvalue weighted by Crippen LogP contribution is -2.24. The number of aromatic nitrogens is 1. The summed E-state index contributed by atoms with van der Waals surface area (Å²) in [5.74, 6) is -1.25. The highest BCUT2D eigenvalue weighted by atomic mass is 35.5. The van der Waals surface area contributed by atoms with E-state index in [-0.39, 0.29) is 16.1 Å². The van der Waals surface area contributed by atoms with Gasteiger partial charge >= 0.3 is 0 Å². The number of halogens is 3. The van der Waals surface area contributed by atoms with Crippen LogP contribution in [0.3, 0.4) is 0 Å². The average molecular weight is 270 g/mol. The molecule has 2 rings (SSSR count). The normalized spacial score (nSPS) is 14.3. The summed E-state index contributed by atoms with van der Waals surface area (Å²) >= 11 is 5.64. The number of hydrogen-bond acceptors (Lipinski definition) is 2. The molecule has 1 atom stereocenters. The molecule has 1 aromatic carbocycles. The Labute approximate surface area is 108 Å². The Bertz CT molecular complexity index is 587. The van der Waals surface area contributed by atoms with E-state index < -0.39 is 17.2 Å². The molecular weight excluding hydrogens is 260 g/mol. The van der Waals surface area contributed by atoms with Crippen LogP contribution in [0.4, 0.5) is 8.78 Å². The highest BCUT2D eigenvalue weighted by Gasteiger charge is 2.29. The summed E-state index contributed by atoms with van der Waals surface area (Å²) in [5, 5.41) is 10.6. The second kappa shape index (κ2) is 4.63. The van der Waals surface area contributed by atoms with E-state index in [4.69, 9.17) is 11.6 Å². The zero-order valence-corrected chi connectivity index (χ0v) is 10.2. The molecule has 1 aromatic heterocycles. The summed E-state index contributed by atoms with van der Waals surface area (Å²) in [6.45, 7) is 1.37. The van der Waals surface area contributed by atoms with Crippen LogP contribution in [0.1, 0.15) is 18.1 Å². The summed E-state index contributed by atoms with van der Waals surface area (Å²) in [4.78, 5) is 3.64. The Balaban J connectivity index is 2.53. The van der Waals surface area contributed by atoms with Gasteiger partial charge in [-0.05, 0) is 25.1 Å². The summed E-state index contributed by atoms with van der Waals surface area (Å²) in [5.41, 5.74) is -1.49. The lowest BCUT2D eigenvalue weighted by atomic mass is 9.89. The molecule has 94 valence electrons. The van der Waals surface area contributed by atoms with E-state index in [0.717, 1.165) is 18.3 Å². The van der Waals surface area contributed by atoms with Crippen LogP contribution in [0.25, 0.3) is 0 Å². The lowest BCUT2D eigenvalue weighted by molar-refractivity contribution is 0.0972. The van der Waals surface area contributed by atoms with Crippen LogP contribution in [0.15, 0.2) is 36.7 Å². The number of nitrogens with zero attached hydrogens (tertiary/aromatic N) is 1. The van der Waals surface area contributed by atoms with Gasteiger partial charge in [-0.2, -0.15) is 0 Å². The van der Waals surface area contributed by atoms with Gasteiger partial charge in [-0.3, -0.25) is 4.98 Å². The van der Waals surface area contributed by atoms with Gasteiger partial charge in [0.2, 0.25) is 0 Å². The van der Waals surface area contributed by atoms with Gasteiger partial charge in [0.15, 0.2) is 0 Å². The molecular formula is C13H10ClF2NO. The van der Waals surface area contributed by atoms with Crippen molar-refractivity contribution >= 4 is 11.6 Å². The van der Waals surface area contributed by atoms with Gasteiger partial charge < -0.3 is 5.11 Å². The third-order valence-electron chi connectivity index (χ3n) is 2.72. The van der Waals surface area contributed by atoms with Crippen LogP contribution < -0.4 is 0 Å². The number of aliphatic hydroxyl groups is 1. The van der Waals surface area contributed by atoms with E-state index in [1.807, 2.05) is 0 Å². The number of benzene rings is 1. The fourth-order valence-corrected chi connectivity index (χ4v) is 1.88. The maximum Gasteiger partial charge on any atom is 0.141 e. The molecule has 0 saturated carbocycles. The van der Waals surface area contributed by atoms with Gasteiger partial charge in [0, 0.05) is 22.3 Å². The fraction of sp³-hybridized carbons (Fsp3) is 0.154. The molecule has 18 heavy (non-hydrogen) atoms. The quantitative estimate of drug-likeness (QED) is 0.908. The van der Waals surface area contributed by atoms with Crippen LogP contribution in [0, 0.1) is 11.6 Å². The minimum atomic E-state index is -1.68. The molecule has 0 bridgehead atoms. The van der Waals surface area contributed by atoms with Crippen molar-refractivity contribution in [2.45, 2.75) is 12.5 Å². The molecule has 0 amide bonds. The monoisotopic (exact) mass is 269 g/mol. The van der Waals surface area contributed by atoms with Crippen molar-refractivity contribution in [3.8, 4) is 0 Å². The molecule has 0 saturated heterocycles. The van der Waals surface area contributed by atoms with E-state index in [0.29, 0.717) is 0 Å². The van der Waals surface area contributed by atoms with Crippen molar-refractivity contribution in [3.63, 3.8) is 0 Å². The van der Waals surface area contributed by atoms with Gasteiger partial charge in [-0.25, -0.2) is 8.78 Å². The molecule has 1 unspecified atom stereocenters. The van der Waals surface area contributed by atoms with Crippen LogP contribution >= 0.6 is 11.6 Å². The molecule has 1 heterocycles. The van der Waals surface area contributed by atoms with Crippen molar-refractivity contribution in [2.24, 2.45) is 0 Å². The van der Waals surface area contributed by atoms with Gasteiger partial charge in [0.1, 0.15) is 17.2 Å². The van der Waals surface area contributed by atoms with Crippen molar-refractivity contribution in [1.29, 1.82) is 0 Å². The third-order valence-corrected chi connectivity index (χ3v) is 2.96. The minimum Gasteiger partial charge on any atom is -0.381 e. The predicted octanol–water partition coefficient (Wildman–Crippen LogP) is 3.27. The highest BCUT2D eigenvalue weighted by molar-refractivity contribution is 6.30. The Hall–Kier alpha value is -1.52. The van der Waals surface area contributed by atoms with E-state index in [2.05, 4.69) is 4.98 Å². The first-order valence-corrected chi connectivity index (χ1v) is 5.58. The molecule has 2 nitrogen and oxygen atoms in total. The first kappa shape index (κ1) is 12.9. The SMILES string of the molecule is CC(O)(c1cncc(F)c1)c1ccc(Cl)cc1F. The van der Waals surface area contributed by atoms with Crippen molar-refractivity contribution in [2.75, 3.05) is 0 Å². The summed E-state index contributed by atoms with van der Waals surface area (Å²) in [6, 6.07) is 5.03. The van der Waals surface area contributed by atoms with Crippen LogP contribution in [-0.4, -0.2) is 10.1 Å². The lowest BCUT2D eigenvalue weighted by Gasteiger charge is -2.24. The Morgan fingerprint density at radius 1 is 1.22 bits per heavy atom. The number of rotatable bonds is 2. The van der Waals surface area contributed by atoms with E-state index in [1.54, 1.807) is 0 Å². The van der Waals surface area contributed by atoms with Gasteiger partial charge in [-0.1, -0.05) is 17.7 Å². The second-order valence-corrected chi connectivity index (χ2v) is 4.52. The molecule has 2 aromatic rings. The summed E-state index contributed by atoms with van der Waals surface area (Å²) < 4.78 is 26.9. The highest BCUT2D eigenvalue weighted by Crippen LogP contribution is 2.31. The molecule has 0 aliphatic rings. The molecule has 0 radical (unpaired) electrons. The Morgan fingerprint density at radius 3 is 2.56 bits per heavy atom. The maximum atomic E-state index is 13.8. The van der Waals surface area contributed by atoms with E-state index in [9.17, 15) is 13.9 Å². The zero-order chi connectivity index (χ0) is 13.3. The molecule has 0 aliphatic carbocycles. The van der Waals surface area contributed by atoms with Gasteiger partial charge in [0.25, 0.3) is 0 Å². The minimum absolute atomic E-state index is 0.0132. The average Bonchev–Trinajstić information content (AvgIpc) is 2.28. The third kappa shape index (κ3) is 2.35. The van der Waals surface area contributed by atoms with Crippen molar-refractivity contribution in [1.82, 2.24) is 4.98 Å². The summed E-state index contributed by atoms with van der Waals surface area (Å²) in [7, 11) is 0. The van der Waals surface area contributed by atoms with E-state index in [1.165, 1.54) is 25.3 Å². The number of pyridine rings is 1. The first-order valence-electron chi connectivity index (χ1n) is 5.20. The fourth-order valence-electron chi connectivity index (χ4n) is 1.72. The topological polar surface area (TPSA) is 33.1 Å². The molecule has 0 fully saturated rings. The summed E-state index contributed by atoms with van der Waals surface area (Å²) in [6.07, 6.45) is 2.30. The van der Waals surface area contributed by atoms with Crippen molar-refractivity contribution in [3.05, 3.63) is 64.4 Å². The van der Waals surface area contributed by atoms with Gasteiger partial charge in [-0.15, -0.1) is 0 Å². The molecule has 5 heteroatoms. The molecule has 1 N–H and O–H groups in total.